The van der Waals surface area contributed by atoms with Gasteiger partial charge < -0.3 is 10.6 Å². The Labute approximate surface area is 165 Å². The van der Waals surface area contributed by atoms with Crippen molar-refractivity contribution in [2.24, 2.45) is 0 Å². The molecule has 0 spiro atoms. The van der Waals surface area contributed by atoms with E-state index in [-0.39, 0.29) is 11.9 Å². The van der Waals surface area contributed by atoms with Crippen LogP contribution in [0, 0.1) is 13.8 Å². The van der Waals surface area contributed by atoms with E-state index in [1.165, 1.54) is 21.6 Å². The molecule has 3 nitrogen and oxygen atoms in total. The van der Waals surface area contributed by atoms with E-state index in [4.69, 9.17) is 0 Å². The molecule has 0 aliphatic carbocycles. The highest BCUT2D eigenvalue weighted by Crippen LogP contribution is 2.23. The quantitative estimate of drug-likeness (QED) is 0.634. The minimum absolute atomic E-state index is 0.0219. The first-order valence-corrected chi connectivity index (χ1v) is 10.3. The summed E-state index contributed by atoms with van der Waals surface area (Å²) in [5, 5.41) is 7.25. The number of thiophene rings is 1. The van der Waals surface area contributed by atoms with Crippen LogP contribution in [0.5, 0.6) is 0 Å². The lowest BCUT2D eigenvalue weighted by atomic mass is 10.0. The number of benzene rings is 2. The van der Waals surface area contributed by atoms with E-state index in [0.29, 0.717) is 6.54 Å². The Morgan fingerprint density at radius 3 is 2.52 bits per heavy atom. The van der Waals surface area contributed by atoms with Crippen LogP contribution >= 0.6 is 11.3 Å². The van der Waals surface area contributed by atoms with Gasteiger partial charge in [0, 0.05) is 11.3 Å². The molecule has 0 saturated carbocycles. The van der Waals surface area contributed by atoms with E-state index in [9.17, 15) is 4.79 Å². The van der Waals surface area contributed by atoms with Crippen LogP contribution in [0.2, 0.25) is 0 Å². The first-order chi connectivity index (χ1) is 13.1. The Balaban J connectivity index is 1.70. The van der Waals surface area contributed by atoms with E-state index in [1.807, 2.05) is 19.1 Å². The summed E-state index contributed by atoms with van der Waals surface area (Å²) in [5.74, 6) is 0.0219. The maximum atomic E-state index is 12.5. The van der Waals surface area contributed by atoms with Gasteiger partial charge in [0.1, 0.15) is 6.04 Å². The molecule has 1 aromatic heterocycles. The number of nitrogens with one attached hydrogen (secondary N) is 1. The molecule has 3 aromatic rings. The van der Waals surface area contributed by atoms with Gasteiger partial charge in [-0.25, -0.2) is 0 Å². The van der Waals surface area contributed by atoms with E-state index >= 15 is 0 Å². The summed E-state index contributed by atoms with van der Waals surface area (Å²) in [6, 6.07) is 19.2. The third kappa shape index (κ3) is 5.06. The SMILES string of the molecule is CCc1ccc([C@@H]([NH2+]CC(=O)Nc2ccc(C)cc2C)c2cccs2)cc1. The maximum absolute atomic E-state index is 12.5. The molecule has 1 atom stereocenters. The van der Waals surface area contributed by atoms with E-state index < -0.39 is 0 Å². The molecule has 3 rings (SSSR count). The van der Waals surface area contributed by atoms with Crippen LogP contribution in [0.15, 0.2) is 60.0 Å². The third-order valence-corrected chi connectivity index (χ3v) is 5.75. The number of nitrogens with two attached hydrogens (primary N) is 1. The van der Waals surface area contributed by atoms with Gasteiger partial charge in [-0.1, -0.05) is 55.0 Å². The first kappa shape index (κ1) is 19.3. The van der Waals surface area contributed by atoms with Gasteiger partial charge in [-0.2, -0.15) is 0 Å². The molecule has 0 aliphatic rings. The predicted octanol–water partition coefficient (Wildman–Crippen LogP) is 4.22. The fourth-order valence-electron chi connectivity index (χ4n) is 3.23. The zero-order chi connectivity index (χ0) is 19.2. The van der Waals surface area contributed by atoms with E-state index in [0.717, 1.165) is 17.7 Å². The van der Waals surface area contributed by atoms with E-state index in [1.54, 1.807) is 11.3 Å². The van der Waals surface area contributed by atoms with Gasteiger partial charge in [0.25, 0.3) is 5.91 Å². The summed E-state index contributed by atoms with van der Waals surface area (Å²) in [5.41, 5.74) is 5.74. The summed E-state index contributed by atoms with van der Waals surface area (Å²) in [4.78, 5) is 13.8. The van der Waals surface area contributed by atoms with Crippen molar-refractivity contribution in [3.05, 3.63) is 87.1 Å². The highest BCUT2D eigenvalue weighted by atomic mass is 32.1. The standard InChI is InChI=1S/C23H26N2OS/c1-4-18-8-10-19(11-9-18)23(21-6-5-13-27-21)24-15-22(26)25-20-12-7-16(2)14-17(20)3/h5-14,23-24H,4,15H2,1-3H3,(H,25,26)/p+1/t23-/m1/s1. The molecule has 0 saturated heterocycles. The zero-order valence-electron chi connectivity index (χ0n) is 16.2. The molecule has 2 aromatic carbocycles. The largest absolute Gasteiger partial charge is 0.328 e. The van der Waals surface area contributed by atoms with Gasteiger partial charge >= 0.3 is 0 Å². The molecular formula is C23H27N2OS+. The van der Waals surface area contributed by atoms with Crippen molar-refractivity contribution >= 4 is 22.9 Å². The average Bonchev–Trinajstić information content (AvgIpc) is 3.19. The fourth-order valence-corrected chi connectivity index (χ4v) is 4.08. The molecule has 0 unspecified atom stereocenters. The zero-order valence-corrected chi connectivity index (χ0v) is 17.0. The highest BCUT2D eigenvalue weighted by molar-refractivity contribution is 7.10. The number of hydrogen-bond acceptors (Lipinski definition) is 2. The van der Waals surface area contributed by atoms with Crippen LogP contribution < -0.4 is 10.6 Å². The second-order valence-electron chi connectivity index (χ2n) is 6.89. The van der Waals surface area contributed by atoms with Crippen LogP contribution in [0.1, 0.15) is 40.1 Å². The molecule has 0 aliphatic heterocycles. The molecular weight excluding hydrogens is 352 g/mol. The molecule has 140 valence electrons. The second kappa shape index (κ2) is 8.98. The van der Waals surface area contributed by atoms with Crippen molar-refractivity contribution in [1.29, 1.82) is 0 Å². The van der Waals surface area contributed by atoms with Crippen molar-refractivity contribution in [2.45, 2.75) is 33.2 Å². The van der Waals surface area contributed by atoms with Crippen LogP contribution in [0.3, 0.4) is 0 Å². The number of carbonyl (C=O) groups is 1. The summed E-state index contributed by atoms with van der Waals surface area (Å²) >= 11 is 1.73. The molecule has 0 radical (unpaired) electrons. The van der Waals surface area contributed by atoms with Crippen LogP contribution in [-0.4, -0.2) is 12.5 Å². The van der Waals surface area contributed by atoms with Crippen LogP contribution in [0.25, 0.3) is 0 Å². The van der Waals surface area contributed by atoms with Gasteiger partial charge in [-0.15, -0.1) is 11.3 Å². The summed E-state index contributed by atoms with van der Waals surface area (Å²) < 4.78 is 0. The number of anilines is 1. The van der Waals surface area contributed by atoms with E-state index in [2.05, 4.69) is 72.3 Å². The smallest absolute Gasteiger partial charge is 0.279 e. The Hall–Kier alpha value is -2.43. The molecule has 0 bridgehead atoms. The summed E-state index contributed by atoms with van der Waals surface area (Å²) in [6.07, 6.45) is 1.03. The lowest BCUT2D eigenvalue weighted by Gasteiger charge is -2.16. The Bertz CT molecular complexity index is 885. The fraction of sp³-hybridized carbons (Fsp3) is 0.261. The monoisotopic (exact) mass is 379 g/mol. The van der Waals surface area contributed by atoms with Gasteiger partial charge in [0.15, 0.2) is 6.54 Å². The molecule has 1 amide bonds. The molecule has 3 N–H and O–H groups in total. The highest BCUT2D eigenvalue weighted by Gasteiger charge is 2.20. The van der Waals surface area contributed by atoms with Crippen molar-refractivity contribution < 1.29 is 10.1 Å². The van der Waals surface area contributed by atoms with Crippen molar-refractivity contribution in [1.82, 2.24) is 0 Å². The number of aryl methyl sites for hydroxylation is 3. The Morgan fingerprint density at radius 1 is 1.11 bits per heavy atom. The molecule has 0 fully saturated rings. The molecule has 1 heterocycles. The van der Waals surface area contributed by atoms with Crippen LogP contribution in [0.4, 0.5) is 5.69 Å². The maximum Gasteiger partial charge on any atom is 0.279 e. The number of rotatable bonds is 7. The van der Waals surface area contributed by atoms with Gasteiger partial charge in [0.2, 0.25) is 0 Å². The van der Waals surface area contributed by atoms with Crippen LogP contribution in [-0.2, 0) is 11.2 Å². The van der Waals surface area contributed by atoms with Crippen molar-refractivity contribution in [3.8, 4) is 0 Å². The first-order valence-electron chi connectivity index (χ1n) is 9.39. The lowest BCUT2D eigenvalue weighted by molar-refractivity contribution is -0.675. The topological polar surface area (TPSA) is 45.7 Å². The number of carbonyl (C=O) groups excluding carboxylic acids is 1. The summed E-state index contributed by atoms with van der Waals surface area (Å²) in [6.45, 7) is 6.62. The minimum Gasteiger partial charge on any atom is -0.328 e. The van der Waals surface area contributed by atoms with Crippen molar-refractivity contribution in [2.75, 3.05) is 11.9 Å². The van der Waals surface area contributed by atoms with Gasteiger partial charge in [0.05, 0.1) is 4.88 Å². The Morgan fingerprint density at radius 2 is 1.89 bits per heavy atom. The molecule has 27 heavy (non-hydrogen) atoms. The summed E-state index contributed by atoms with van der Waals surface area (Å²) in [7, 11) is 0. The number of hydrogen-bond donors (Lipinski definition) is 2. The van der Waals surface area contributed by atoms with Gasteiger partial charge in [-0.05, 0) is 48.9 Å². The number of quaternary nitrogens is 1. The number of amides is 1. The lowest BCUT2D eigenvalue weighted by Crippen LogP contribution is -2.87. The second-order valence-corrected chi connectivity index (χ2v) is 7.87. The average molecular weight is 380 g/mol. The van der Waals surface area contributed by atoms with Gasteiger partial charge in [-0.3, -0.25) is 4.79 Å². The normalized spacial score (nSPS) is 12.0. The minimum atomic E-state index is 0.0219. The molecule has 4 heteroatoms. The Kier molecular flexibility index (Phi) is 6.43. The third-order valence-electron chi connectivity index (χ3n) is 4.79. The predicted molar refractivity (Wildman–Crippen MR) is 113 cm³/mol. The van der Waals surface area contributed by atoms with Crippen molar-refractivity contribution in [3.63, 3.8) is 0 Å².